The minimum atomic E-state index is -0.280. The molecule has 0 atom stereocenters. The molecule has 0 radical (unpaired) electrons. The number of nitrogens with one attached hydrogen (secondary N) is 1. The van der Waals surface area contributed by atoms with Crippen molar-refractivity contribution < 1.29 is 14.1 Å². The standard InChI is InChI=1S/C24H21ClN4O3/c1-15-21-17(14-20(27-24(21)32-28-15)16-6-3-2-4-7-16)23(30)26-19-9-5-8-18(25)22(19)29-10-12-31-13-11-29/h2-9,14H,10-13H2,1H3,(H,26,30). The van der Waals surface area contributed by atoms with Gasteiger partial charge in [-0.05, 0) is 25.1 Å². The Kier molecular flexibility index (Phi) is 5.51. The van der Waals surface area contributed by atoms with Gasteiger partial charge in [-0.3, -0.25) is 4.79 Å². The zero-order valence-corrected chi connectivity index (χ0v) is 18.2. The summed E-state index contributed by atoms with van der Waals surface area (Å²) >= 11 is 6.53. The fraction of sp³-hybridized carbons (Fsp3) is 0.208. The van der Waals surface area contributed by atoms with E-state index in [1.807, 2.05) is 48.5 Å². The maximum atomic E-state index is 13.5. The van der Waals surface area contributed by atoms with Gasteiger partial charge in [-0.25, -0.2) is 4.98 Å². The number of ether oxygens (including phenoxy) is 1. The molecule has 5 rings (SSSR count). The average Bonchev–Trinajstić information content (AvgIpc) is 3.20. The van der Waals surface area contributed by atoms with Crippen LogP contribution in [0.3, 0.4) is 0 Å². The Morgan fingerprint density at radius 1 is 1.09 bits per heavy atom. The fourth-order valence-electron chi connectivity index (χ4n) is 3.94. The van der Waals surface area contributed by atoms with Crippen LogP contribution in [-0.2, 0) is 4.74 Å². The first-order chi connectivity index (χ1) is 15.6. The smallest absolute Gasteiger partial charge is 0.259 e. The van der Waals surface area contributed by atoms with Crippen LogP contribution in [0.15, 0.2) is 59.1 Å². The molecular formula is C24H21ClN4O3. The fourth-order valence-corrected chi connectivity index (χ4v) is 4.24. The maximum Gasteiger partial charge on any atom is 0.259 e. The molecule has 0 unspecified atom stereocenters. The van der Waals surface area contributed by atoms with Gasteiger partial charge in [-0.2, -0.15) is 0 Å². The van der Waals surface area contributed by atoms with E-state index in [0.717, 1.165) is 11.3 Å². The van der Waals surface area contributed by atoms with Crippen molar-refractivity contribution in [3.05, 3.63) is 70.9 Å². The molecule has 4 aromatic rings. The largest absolute Gasteiger partial charge is 0.378 e. The summed E-state index contributed by atoms with van der Waals surface area (Å²) in [5.41, 5.74) is 4.34. The predicted octanol–water partition coefficient (Wildman–Crippen LogP) is 4.94. The second kappa shape index (κ2) is 8.61. The van der Waals surface area contributed by atoms with Crippen molar-refractivity contribution in [2.24, 2.45) is 0 Å². The van der Waals surface area contributed by atoms with E-state index in [4.69, 9.17) is 20.9 Å². The summed E-state index contributed by atoms with van der Waals surface area (Å²) in [5, 5.41) is 8.25. The summed E-state index contributed by atoms with van der Waals surface area (Å²) in [6, 6.07) is 16.9. The molecule has 3 heterocycles. The monoisotopic (exact) mass is 448 g/mol. The lowest BCUT2D eigenvalue weighted by Crippen LogP contribution is -2.37. The summed E-state index contributed by atoms with van der Waals surface area (Å²) in [5.74, 6) is -0.280. The third-order valence-electron chi connectivity index (χ3n) is 5.49. The van der Waals surface area contributed by atoms with Crippen molar-refractivity contribution in [3.63, 3.8) is 0 Å². The van der Waals surface area contributed by atoms with Crippen molar-refractivity contribution in [3.8, 4) is 11.3 Å². The molecule has 0 bridgehead atoms. The number of para-hydroxylation sites is 1. The first-order valence-corrected chi connectivity index (χ1v) is 10.7. The van der Waals surface area contributed by atoms with E-state index < -0.39 is 0 Å². The molecule has 1 saturated heterocycles. The number of benzene rings is 2. The van der Waals surface area contributed by atoms with Gasteiger partial charge in [0, 0.05) is 18.7 Å². The molecule has 1 amide bonds. The SMILES string of the molecule is Cc1noc2nc(-c3ccccc3)cc(C(=O)Nc3cccc(Cl)c3N3CCOCC3)c12. The van der Waals surface area contributed by atoms with E-state index in [2.05, 4.69) is 20.4 Å². The van der Waals surface area contributed by atoms with Gasteiger partial charge in [0.2, 0.25) is 0 Å². The van der Waals surface area contributed by atoms with Crippen LogP contribution in [0.2, 0.25) is 5.02 Å². The maximum absolute atomic E-state index is 13.5. The number of rotatable bonds is 4. The minimum absolute atomic E-state index is 0.280. The number of aromatic nitrogens is 2. The van der Waals surface area contributed by atoms with E-state index in [-0.39, 0.29) is 5.91 Å². The van der Waals surface area contributed by atoms with Crippen molar-refractivity contribution >= 4 is 40.0 Å². The van der Waals surface area contributed by atoms with Crippen LogP contribution in [0.25, 0.3) is 22.4 Å². The third-order valence-corrected chi connectivity index (χ3v) is 5.80. The lowest BCUT2D eigenvalue weighted by molar-refractivity contribution is 0.102. The highest BCUT2D eigenvalue weighted by Crippen LogP contribution is 2.35. The van der Waals surface area contributed by atoms with Crippen LogP contribution >= 0.6 is 11.6 Å². The average molecular weight is 449 g/mol. The Balaban J connectivity index is 1.56. The minimum Gasteiger partial charge on any atom is -0.378 e. The van der Waals surface area contributed by atoms with Crippen LogP contribution in [0, 0.1) is 6.92 Å². The van der Waals surface area contributed by atoms with E-state index in [9.17, 15) is 4.79 Å². The molecule has 1 N–H and O–H groups in total. The molecule has 1 aliphatic rings. The van der Waals surface area contributed by atoms with Crippen LogP contribution in [0.1, 0.15) is 16.1 Å². The van der Waals surface area contributed by atoms with Crippen LogP contribution in [-0.4, -0.2) is 42.4 Å². The highest BCUT2D eigenvalue weighted by Gasteiger charge is 2.23. The number of carbonyl (C=O) groups excluding carboxylic acids is 1. The number of aryl methyl sites for hydroxylation is 1. The zero-order valence-electron chi connectivity index (χ0n) is 17.5. The highest BCUT2D eigenvalue weighted by molar-refractivity contribution is 6.34. The summed E-state index contributed by atoms with van der Waals surface area (Å²) < 4.78 is 10.9. The van der Waals surface area contributed by atoms with E-state index in [1.54, 1.807) is 13.0 Å². The van der Waals surface area contributed by atoms with Gasteiger partial charge < -0.3 is 19.5 Å². The molecule has 1 aliphatic heterocycles. The summed E-state index contributed by atoms with van der Waals surface area (Å²) in [6.45, 7) is 4.43. The quantitative estimate of drug-likeness (QED) is 0.476. The Labute approximate surface area is 189 Å². The Morgan fingerprint density at radius 2 is 1.88 bits per heavy atom. The van der Waals surface area contributed by atoms with Crippen molar-refractivity contribution in [2.75, 3.05) is 36.5 Å². The number of hydrogen-bond acceptors (Lipinski definition) is 6. The Morgan fingerprint density at radius 3 is 2.66 bits per heavy atom. The van der Waals surface area contributed by atoms with Crippen molar-refractivity contribution in [1.82, 2.24) is 10.1 Å². The molecule has 2 aromatic heterocycles. The van der Waals surface area contributed by atoms with Gasteiger partial charge in [0.15, 0.2) is 0 Å². The number of amides is 1. The summed E-state index contributed by atoms with van der Waals surface area (Å²) in [4.78, 5) is 20.2. The Bertz CT molecular complexity index is 1280. The van der Waals surface area contributed by atoms with E-state index >= 15 is 0 Å². The Hall–Kier alpha value is -3.42. The van der Waals surface area contributed by atoms with Gasteiger partial charge >= 0.3 is 0 Å². The van der Waals surface area contributed by atoms with Gasteiger partial charge in [-0.15, -0.1) is 0 Å². The number of fused-ring (bicyclic) bond motifs is 1. The van der Waals surface area contributed by atoms with Gasteiger partial charge in [-0.1, -0.05) is 53.2 Å². The predicted molar refractivity (Wildman–Crippen MR) is 124 cm³/mol. The summed E-state index contributed by atoms with van der Waals surface area (Å²) in [7, 11) is 0. The van der Waals surface area contributed by atoms with Crippen LogP contribution in [0.5, 0.6) is 0 Å². The molecule has 0 aliphatic carbocycles. The molecule has 0 saturated carbocycles. The normalized spacial score (nSPS) is 14.0. The van der Waals surface area contributed by atoms with E-state index in [1.165, 1.54) is 0 Å². The number of hydrogen-bond donors (Lipinski definition) is 1. The van der Waals surface area contributed by atoms with Crippen molar-refractivity contribution in [1.29, 1.82) is 0 Å². The van der Waals surface area contributed by atoms with Gasteiger partial charge in [0.25, 0.3) is 11.6 Å². The molecule has 1 fully saturated rings. The third kappa shape index (κ3) is 3.81. The molecule has 2 aromatic carbocycles. The molecule has 0 spiro atoms. The second-order valence-electron chi connectivity index (χ2n) is 7.56. The van der Waals surface area contributed by atoms with Gasteiger partial charge in [0.1, 0.15) is 0 Å². The zero-order chi connectivity index (χ0) is 22.1. The first kappa shape index (κ1) is 20.5. The number of anilines is 2. The molecule has 7 nitrogen and oxygen atoms in total. The number of pyridine rings is 1. The van der Waals surface area contributed by atoms with Crippen LogP contribution < -0.4 is 10.2 Å². The molecular weight excluding hydrogens is 428 g/mol. The lowest BCUT2D eigenvalue weighted by Gasteiger charge is -2.31. The molecule has 32 heavy (non-hydrogen) atoms. The van der Waals surface area contributed by atoms with Crippen molar-refractivity contribution in [2.45, 2.75) is 6.92 Å². The number of morpholine rings is 1. The lowest BCUT2D eigenvalue weighted by atomic mass is 10.0. The van der Waals surface area contributed by atoms with Gasteiger partial charge in [0.05, 0.1) is 51.9 Å². The second-order valence-corrected chi connectivity index (χ2v) is 7.97. The molecule has 8 heteroatoms. The van der Waals surface area contributed by atoms with E-state index in [0.29, 0.717) is 65.1 Å². The number of carbonyl (C=O) groups is 1. The van der Waals surface area contributed by atoms with Crippen LogP contribution in [0.4, 0.5) is 11.4 Å². The summed E-state index contributed by atoms with van der Waals surface area (Å²) in [6.07, 6.45) is 0. The first-order valence-electron chi connectivity index (χ1n) is 10.4. The number of nitrogens with zero attached hydrogens (tertiary/aromatic N) is 3. The highest BCUT2D eigenvalue weighted by atomic mass is 35.5. The number of halogens is 1. The molecule has 162 valence electrons. The topological polar surface area (TPSA) is 80.5 Å².